The molecule has 1 amide bonds. The molecule has 0 saturated heterocycles. The monoisotopic (exact) mass is 322 g/mol. The van der Waals surface area contributed by atoms with Gasteiger partial charge >= 0.3 is 0 Å². The zero-order valence-electron chi connectivity index (χ0n) is 12.8. The van der Waals surface area contributed by atoms with Crippen molar-refractivity contribution < 1.29 is 9.18 Å². The first-order valence-corrected chi connectivity index (χ1v) is 7.78. The molecule has 4 rings (SSSR count). The number of nitrogens with zero attached hydrogens (tertiary/aromatic N) is 2. The highest BCUT2D eigenvalue weighted by atomic mass is 19.1. The second-order valence-electron chi connectivity index (χ2n) is 5.87. The molecule has 0 unspecified atom stereocenters. The molecule has 0 radical (unpaired) electrons. The lowest BCUT2D eigenvalue weighted by atomic mass is 10.1. The molecule has 0 bridgehead atoms. The van der Waals surface area contributed by atoms with Gasteiger partial charge in [0.05, 0.1) is 17.4 Å². The normalized spacial score (nSPS) is 14.4. The smallest absolute Gasteiger partial charge is 0.228 e. The van der Waals surface area contributed by atoms with Crippen LogP contribution in [0.4, 0.5) is 10.2 Å². The fraction of sp³-hybridized carbons (Fsp3) is 0.167. The van der Waals surface area contributed by atoms with Crippen molar-refractivity contribution >= 4 is 34.8 Å². The van der Waals surface area contributed by atoms with Crippen LogP contribution in [0.5, 0.6) is 0 Å². The van der Waals surface area contributed by atoms with Crippen LogP contribution in [-0.4, -0.2) is 21.1 Å². The lowest BCUT2D eigenvalue weighted by Gasteiger charge is -2.02. The van der Waals surface area contributed by atoms with E-state index in [1.165, 1.54) is 12.1 Å². The summed E-state index contributed by atoms with van der Waals surface area (Å²) in [6, 6.07) is 8.03. The summed E-state index contributed by atoms with van der Waals surface area (Å²) >= 11 is 0. The standard InChI is InChI=1S/C18H15FN4O/c19-13-6-1-11(2-7-13)3-8-15-14-9-17(20-10-16(14)23-22-15)21-18(24)12-4-5-12/h1-3,6-10,12H,4-5H2,(H,22,23)(H,20,21,24). The summed E-state index contributed by atoms with van der Waals surface area (Å²) in [5, 5.41) is 10.9. The number of pyridine rings is 1. The molecule has 2 N–H and O–H groups in total. The SMILES string of the molecule is O=C(Nc1cc2c(C=Cc3ccc(F)cc3)n[nH]c2cn1)C1CC1. The van der Waals surface area contributed by atoms with Crippen LogP contribution in [0.15, 0.2) is 36.5 Å². The van der Waals surface area contributed by atoms with Gasteiger partial charge in [0, 0.05) is 11.3 Å². The highest BCUT2D eigenvalue weighted by molar-refractivity contribution is 5.96. The first kappa shape index (κ1) is 14.6. The predicted molar refractivity (Wildman–Crippen MR) is 90.6 cm³/mol. The van der Waals surface area contributed by atoms with E-state index < -0.39 is 0 Å². The van der Waals surface area contributed by atoms with E-state index in [0.717, 1.165) is 35.0 Å². The minimum absolute atomic E-state index is 0.0220. The molecule has 24 heavy (non-hydrogen) atoms. The molecule has 0 aliphatic heterocycles. The van der Waals surface area contributed by atoms with Crippen LogP contribution in [0.3, 0.4) is 0 Å². The number of H-pyrrole nitrogens is 1. The summed E-state index contributed by atoms with van der Waals surface area (Å²) in [6.45, 7) is 0. The van der Waals surface area contributed by atoms with Crippen molar-refractivity contribution in [3.05, 3.63) is 53.6 Å². The van der Waals surface area contributed by atoms with E-state index in [1.807, 2.05) is 18.2 Å². The molecule has 6 heteroatoms. The third kappa shape index (κ3) is 3.03. The van der Waals surface area contributed by atoms with Crippen molar-refractivity contribution in [2.24, 2.45) is 5.92 Å². The number of benzene rings is 1. The number of aromatic amines is 1. The van der Waals surface area contributed by atoms with E-state index in [9.17, 15) is 9.18 Å². The van der Waals surface area contributed by atoms with Gasteiger partial charge in [-0.05, 0) is 42.7 Å². The number of aromatic nitrogens is 3. The first-order valence-electron chi connectivity index (χ1n) is 7.78. The van der Waals surface area contributed by atoms with Crippen LogP contribution in [-0.2, 0) is 4.79 Å². The molecule has 1 saturated carbocycles. The van der Waals surface area contributed by atoms with Crippen molar-refractivity contribution in [3.8, 4) is 0 Å². The number of nitrogens with one attached hydrogen (secondary N) is 2. The summed E-state index contributed by atoms with van der Waals surface area (Å²) in [4.78, 5) is 16.1. The average Bonchev–Trinajstić information content (AvgIpc) is 3.36. The third-order valence-corrected chi connectivity index (χ3v) is 3.98. The van der Waals surface area contributed by atoms with Gasteiger partial charge < -0.3 is 5.32 Å². The second kappa shape index (κ2) is 5.88. The lowest BCUT2D eigenvalue weighted by molar-refractivity contribution is -0.117. The van der Waals surface area contributed by atoms with Gasteiger partial charge in [-0.25, -0.2) is 9.37 Å². The topological polar surface area (TPSA) is 70.7 Å². The van der Waals surface area contributed by atoms with Crippen LogP contribution in [0.1, 0.15) is 24.1 Å². The third-order valence-electron chi connectivity index (χ3n) is 3.98. The Balaban J connectivity index is 1.60. The van der Waals surface area contributed by atoms with Gasteiger partial charge in [-0.3, -0.25) is 9.89 Å². The Morgan fingerprint density at radius 2 is 2.04 bits per heavy atom. The Bertz CT molecular complexity index is 926. The van der Waals surface area contributed by atoms with Gasteiger partial charge in [0.25, 0.3) is 0 Å². The van der Waals surface area contributed by atoms with Crippen molar-refractivity contribution in [1.29, 1.82) is 0 Å². The summed E-state index contributed by atoms with van der Waals surface area (Å²) in [7, 11) is 0. The van der Waals surface area contributed by atoms with Crippen molar-refractivity contribution in [2.45, 2.75) is 12.8 Å². The molecule has 1 aliphatic rings. The number of carbonyl (C=O) groups is 1. The molecule has 3 aromatic rings. The Hall–Kier alpha value is -3.02. The van der Waals surface area contributed by atoms with Crippen molar-refractivity contribution in [3.63, 3.8) is 0 Å². The largest absolute Gasteiger partial charge is 0.310 e. The van der Waals surface area contributed by atoms with Crippen molar-refractivity contribution in [1.82, 2.24) is 15.2 Å². The van der Waals surface area contributed by atoms with Gasteiger partial charge in [-0.1, -0.05) is 18.2 Å². The average molecular weight is 322 g/mol. The van der Waals surface area contributed by atoms with E-state index in [1.54, 1.807) is 18.3 Å². The molecule has 5 nitrogen and oxygen atoms in total. The minimum atomic E-state index is -0.264. The van der Waals surface area contributed by atoms with Crippen LogP contribution in [0.25, 0.3) is 23.1 Å². The summed E-state index contributed by atoms with van der Waals surface area (Å²) in [5.74, 6) is 0.412. The van der Waals surface area contributed by atoms with E-state index in [-0.39, 0.29) is 17.6 Å². The Morgan fingerprint density at radius 1 is 1.25 bits per heavy atom. The maximum absolute atomic E-state index is 12.9. The van der Waals surface area contributed by atoms with Gasteiger partial charge in [0.1, 0.15) is 11.6 Å². The number of carbonyl (C=O) groups excluding carboxylic acids is 1. The molecule has 1 aliphatic carbocycles. The molecular weight excluding hydrogens is 307 g/mol. The molecule has 120 valence electrons. The Kier molecular flexibility index (Phi) is 3.57. The molecule has 0 atom stereocenters. The Labute approximate surface area is 137 Å². The summed E-state index contributed by atoms with van der Waals surface area (Å²) in [5.41, 5.74) is 2.40. The minimum Gasteiger partial charge on any atom is -0.310 e. The molecule has 2 aromatic heterocycles. The van der Waals surface area contributed by atoms with Gasteiger partial charge in [-0.2, -0.15) is 5.10 Å². The van der Waals surface area contributed by atoms with Crippen molar-refractivity contribution in [2.75, 3.05) is 5.32 Å². The number of amides is 1. The maximum Gasteiger partial charge on any atom is 0.228 e. The summed E-state index contributed by atoms with van der Waals surface area (Å²) in [6.07, 6.45) is 7.26. The van der Waals surface area contributed by atoms with Gasteiger partial charge in [0.15, 0.2) is 0 Å². The first-order chi connectivity index (χ1) is 11.7. The molecular formula is C18H15FN4O. The number of anilines is 1. The predicted octanol–water partition coefficient (Wildman–Crippen LogP) is 3.62. The van der Waals surface area contributed by atoms with E-state index in [4.69, 9.17) is 0 Å². The number of rotatable bonds is 4. The van der Waals surface area contributed by atoms with E-state index in [2.05, 4.69) is 20.5 Å². The number of halogens is 1. The van der Waals surface area contributed by atoms with Crippen LogP contribution in [0.2, 0.25) is 0 Å². The van der Waals surface area contributed by atoms with Crippen LogP contribution >= 0.6 is 0 Å². The molecule has 2 heterocycles. The van der Waals surface area contributed by atoms with Crippen LogP contribution < -0.4 is 5.32 Å². The Morgan fingerprint density at radius 3 is 2.79 bits per heavy atom. The fourth-order valence-corrected chi connectivity index (χ4v) is 2.46. The van der Waals surface area contributed by atoms with Gasteiger partial charge in [0.2, 0.25) is 5.91 Å². The number of fused-ring (bicyclic) bond motifs is 1. The zero-order valence-corrected chi connectivity index (χ0v) is 12.8. The number of hydrogen-bond acceptors (Lipinski definition) is 3. The van der Waals surface area contributed by atoms with Crippen LogP contribution in [0, 0.1) is 11.7 Å². The molecule has 1 fully saturated rings. The zero-order chi connectivity index (χ0) is 16.5. The highest BCUT2D eigenvalue weighted by Crippen LogP contribution is 2.30. The molecule has 0 spiro atoms. The van der Waals surface area contributed by atoms with E-state index >= 15 is 0 Å². The quantitative estimate of drug-likeness (QED) is 0.771. The van der Waals surface area contributed by atoms with E-state index in [0.29, 0.717) is 5.82 Å². The fourth-order valence-electron chi connectivity index (χ4n) is 2.46. The molecule has 1 aromatic carbocycles. The highest BCUT2D eigenvalue weighted by Gasteiger charge is 2.29. The second-order valence-corrected chi connectivity index (χ2v) is 5.87. The maximum atomic E-state index is 12.9. The number of hydrogen-bond donors (Lipinski definition) is 2. The lowest BCUT2D eigenvalue weighted by Crippen LogP contribution is -2.14. The van der Waals surface area contributed by atoms with Gasteiger partial charge in [-0.15, -0.1) is 0 Å². The summed E-state index contributed by atoms with van der Waals surface area (Å²) < 4.78 is 12.9.